The normalized spacial score (nSPS) is 21.8. The largest absolute Gasteiger partial charge is 0.384 e. The highest BCUT2D eigenvalue weighted by Crippen LogP contribution is 2.27. The fraction of sp³-hybridized carbons (Fsp3) is 0.455. The Hall–Kier alpha value is -1.58. The van der Waals surface area contributed by atoms with E-state index in [9.17, 15) is 4.79 Å². The average molecular weight is 205 g/mol. The number of hydrogen-bond donors (Lipinski definition) is 1. The van der Waals surface area contributed by atoms with Crippen LogP contribution in [-0.4, -0.2) is 29.4 Å². The minimum atomic E-state index is 0.211. The Morgan fingerprint density at radius 3 is 2.93 bits per heavy atom. The van der Waals surface area contributed by atoms with Crippen LogP contribution in [-0.2, 0) is 4.79 Å². The number of nitrogen functional groups attached to an aromatic ring is 1. The predicted molar refractivity (Wildman–Crippen MR) is 58.3 cm³/mol. The molecule has 0 spiro atoms. The van der Waals surface area contributed by atoms with E-state index in [1.54, 1.807) is 17.2 Å². The van der Waals surface area contributed by atoms with Gasteiger partial charge in [-0.2, -0.15) is 0 Å². The van der Waals surface area contributed by atoms with Crippen molar-refractivity contribution in [3.8, 4) is 0 Å². The van der Waals surface area contributed by atoms with Gasteiger partial charge in [-0.1, -0.05) is 6.07 Å². The molecule has 1 amide bonds. The molecule has 0 bridgehead atoms. The Balaban J connectivity index is 2.12. The van der Waals surface area contributed by atoms with Crippen molar-refractivity contribution < 1.29 is 4.79 Å². The number of carbonyl (C=O) groups excluding carboxylic acids is 1. The predicted octanol–water partition coefficient (Wildman–Crippen LogP) is 1.000. The van der Waals surface area contributed by atoms with Gasteiger partial charge < -0.3 is 10.6 Å². The van der Waals surface area contributed by atoms with Crippen LogP contribution in [0.1, 0.15) is 24.3 Å². The lowest BCUT2D eigenvalue weighted by molar-refractivity contribution is -0.132. The van der Waals surface area contributed by atoms with Crippen LogP contribution in [0.3, 0.4) is 0 Å². The highest BCUT2D eigenvalue weighted by atomic mass is 16.2. The lowest BCUT2D eigenvalue weighted by Crippen LogP contribution is -2.34. The van der Waals surface area contributed by atoms with Crippen LogP contribution in [0.5, 0.6) is 0 Å². The first-order valence-electron chi connectivity index (χ1n) is 5.12. The third kappa shape index (κ3) is 2.09. The number of likely N-dealkylation sites (tertiary alicyclic amines) is 1. The number of carbonyl (C=O) groups is 1. The summed E-state index contributed by atoms with van der Waals surface area (Å²) in [6.45, 7) is 0.827. The van der Waals surface area contributed by atoms with Gasteiger partial charge in [0.05, 0.1) is 0 Å². The van der Waals surface area contributed by atoms with Crippen molar-refractivity contribution >= 4 is 11.7 Å². The third-order valence-electron chi connectivity index (χ3n) is 2.94. The molecule has 2 N–H and O–H groups in total. The molecule has 1 fully saturated rings. The van der Waals surface area contributed by atoms with Crippen molar-refractivity contribution in [3.63, 3.8) is 0 Å². The smallest absolute Gasteiger partial charge is 0.222 e. The molecule has 1 saturated heterocycles. The van der Waals surface area contributed by atoms with E-state index in [1.165, 1.54) is 0 Å². The second-order valence-electron chi connectivity index (χ2n) is 4.02. The maximum absolute atomic E-state index is 11.5. The van der Waals surface area contributed by atoms with E-state index in [4.69, 9.17) is 5.73 Å². The van der Waals surface area contributed by atoms with Crippen molar-refractivity contribution in [3.05, 3.63) is 23.9 Å². The number of nitrogens with two attached hydrogens (primary N) is 1. The Kier molecular flexibility index (Phi) is 2.58. The van der Waals surface area contributed by atoms with Gasteiger partial charge in [-0.3, -0.25) is 4.79 Å². The third-order valence-corrected chi connectivity index (χ3v) is 2.94. The number of nitrogens with zero attached hydrogens (tertiary/aromatic N) is 2. The number of aromatic nitrogens is 1. The lowest BCUT2D eigenvalue weighted by atomic mass is 9.90. The van der Waals surface area contributed by atoms with Gasteiger partial charge in [0.25, 0.3) is 0 Å². The van der Waals surface area contributed by atoms with Gasteiger partial charge in [0, 0.05) is 26.2 Å². The molecule has 0 unspecified atom stereocenters. The minimum Gasteiger partial charge on any atom is -0.384 e. The molecule has 15 heavy (non-hydrogen) atoms. The summed E-state index contributed by atoms with van der Waals surface area (Å²) in [5.74, 6) is 1.04. The molecule has 0 aliphatic carbocycles. The number of rotatable bonds is 1. The first-order valence-corrected chi connectivity index (χ1v) is 5.12. The summed E-state index contributed by atoms with van der Waals surface area (Å²) in [6.07, 6.45) is 3.37. The molecule has 1 atom stereocenters. The van der Waals surface area contributed by atoms with E-state index >= 15 is 0 Å². The van der Waals surface area contributed by atoms with Gasteiger partial charge in [-0.05, 0) is 24.0 Å². The van der Waals surface area contributed by atoms with Crippen LogP contribution >= 0.6 is 0 Å². The SMILES string of the molecule is CN1CC[C@H](c2ccc(N)nc2)CC1=O. The number of amides is 1. The van der Waals surface area contributed by atoms with E-state index in [0.717, 1.165) is 18.5 Å². The van der Waals surface area contributed by atoms with E-state index in [2.05, 4.69) is 4.98 Å². The van der Waals surface area contributed by atoms with Crippen LogP contribution in [0.4, 0.5) is 5.82 Å². The molecule has 1 aromatic rings. The molecule has 4 nitrogen and oxygen atoms in total. The monoisotopic (exact) mass is 205 g/mol. The highest BCUT2D eigenvalue weighted by Gasteiger charge is 2.24. The molecule has 0 saturated carbocycles. The van der Waals surface area contributed by atoms with Crippen molar-refractivity contribution in [1.29, 1.82) is 0 Å². The zero-order chi connectivity index (χ0) is 10.8. The highest BCUT2D eigenvalue weighted by molar-refractivity contribution is 5.77. The fourth-order valence-electron chi connectivity index (χ4n) is 1.89. The summed E-state index contributed by atoms with van der Waals surface area (Å²) in [5.41, 5.74) is 6.64. The summed E-state index contributed by atoms with van der Waals surface area (Å²) in [7, 11) is 1.85. The van der Waals surface area contributed by atoms with E-state index in [1.807, 2.05) is 13.1 Å². The molecule has 0 aromatic carbocycles. The molecule has 1 aliphatic rings. The molecular weight excluding hydrogens is 190 g/mol. The van der Waals surface area contributed by atoms with Crippen molar-refractivity contribution in [2.45, 2.75) is 18.8 Å². The second kappa shape index (κ2) is 3.88. The molecule has 4 heteroatoms. The molecule has 80 valence electrons. The molecule has 0 radical (unpaired) electrons. The molecular formula is C11H15N3O. The first kappa shape index (κ1) is 9.96. The summed E-state index contributed by atoms with van der Waals surface area (Å²) in [6, 6.07) is 3.75. The summed E-state index contributed by atoms with van der Waals surface area (Å²) < 4.78 is 0. The summed E-state index contributed by atoms with van der Waals surface area (Å²) in [4.78, 5) is 17.4. The zero-order valence-corrected chi connectivity index (χ0v) is 8.81. The maximum atomic E-state index is 11.5. The van der Waals surface area contributed by atoms with Gasteiger partial charge in [0.2, 0.25) is 5.91 Å². The summed E-state index contributed by atoms with van der Waals surface area (Å²) >= 11 is 0. The second-order valence-corrected chi connectivity index (χ2v) is 4.02. The van der Waals surface area contributed by atoms with Gasteiger partial charge in [-0.15, -0.1) is 0 Å². The minimum absolute atomic E-state index is 0.211. The van der Waals surface area contributed by atoms with Gasteiger partial charge in [-0.25, -0.2) is 4.98 Å². The van der Waals surface area contributed by atoms with E-state index in [0.29, 0.717) is 18.2 Å². The molecule has 2 heterocycles. The van der Waals surface area contributed by atoms with Crippen molar-refractivity contribution in [2.24, 2.45) is 0 Å². The standard InChI is InChI=1S/C11H15N3O/c1-14-5-4-8(6-11(14)15)9-2-3-10(12)13-7-9/h2-3,7-8H,4-6H2,1H3,(H2,12,13)/t8-/m0/s1. The average Bonchev–Trinajstić information content (AvgIpc) is 2.23. The lowest BCUT2D eigenvalue weighted by Gasteiger charge is -2.28. The van der Waals surface area contributed by atoms with Crippen LogP contribution < -0.4 is 5.73 Å². The van der Waals surface area contributed by atoms with Crippen LogP contribution in [0.2, 0.25) is 0 Å². The fourth-order valence-corrected chi connectivity index (χ4v) is 1.89. The van der Waals surface area contributed by atoms with Crippen LogP contribution in [0.15, 0.2) is 18.3 Å². The Labute approximate surface area is 89.1 Å². The number of hydrogen-bond acceptors (Lipinski definition) is 3. The van der Waals surface area contributed by atoms with Gasteiger partial charge >= 0.3 is 0 Å². The maximum Gasteiger partial charge on any atom is 0.222 e. The first-order chi connectivity index (χ1) is 7.16. The number of anilines is 1. The van der Waals surface area contributed by atoms with E-state index < -0.39 is 0 Å². The van der Waals surface area contributed by atoms with E-state index in [-0.39, 0.29) is 5.91 Å². The Morgan fingerprint density at radius 2 is 2.33 bits per heavy atom. The van der Waals surface area contributed by atoms with Crippen LogP contribution in [0, 0.1) is 0 Å². The van der Waals surface area contributed by atoms with Crippen molar-refractivity contribution in [1.82, 2.24) is 9.88 Å². The number of piperidine rings is 1. The molecule has 1 aliphatic heterocycles. The Morgan fingerprint density at radius 1 is 1.53 bits per heavy atom. The quantitative estimate of drug-likeness (QED) is 0.744. The zero-order valence-electron chi connectivity index (χ0n) is 8.81. The molecule has 1 aromatic heterocycles. The summed E-state index contributed by atoms with van der Waals surface area (Å²) in [5, 5.41) is 0. The Bertz CT molecular complexity index is 361. The van der Waals surface area contributed by atoms with Crippen LogP contribution in [0.25, 0.3) is 0 Å². The van der Waals surface area contributed by atoms with Crippen molar-refractivity contribution in [2.75, 3.05) is 19.3 Å². The van der Waals surface area contributed by atoms with Gasteiger partial charge in [0.15, 0.2) is 0 Å². The topological polar surface area (TPSA) is 59.2 Å². The van der Waals surface area contributed by atoms with Gasteiger partial charge in [0.1, 0.15) is 5.82 Å². The number of pyridine rings is 1. The molecule has 2 rings (SSSR count).